The number of hydrogen-bond acceptors (Lipinski definition) is 4. The Labute approximate surface area is 155 Å². The largest absolute Gasteiger partial charge is 1.00 e. The van der Waals surface area contributed by atoms with E-state index in [-0.39, 0.29) is 36.0 Å². The molecule has 0 atom stereocenters. The normalized spacial score (nSPS) is 9.67. The van der Waals surface area contributed by atoms with Gasteiger partial charge in [-0.25, -0.2) is 0 Å². The van der Waals surface area contributed by atoms with Crippen LogP contribution in [0, 0.1) is 0 Å². The number of carbonyl (C=O) groups excluding carboxylic acids is 2. The second-order valence-corrected chi connectivity index (χ2v) is 5.87. The highest BCUT2D eigenvalue weighted by atomic mass is 79.9. The van der Waals surface area contributed by atoms with Crippen molar-refractivity contribution >= 4 is 29.5 Å². The molecule has 0 heterocycles. The van der Waals surface area contributed by atoms with E-state index < -0.39 is 18.4 Å². The van der Waals surface area contributed by atoms with Crippen molar-refractivity contribution in [1.29, 1.82) is 0 Å². The number of hydrogen-bond donors (Lipinski definition) is 4. The first-order valence-electron chi connectivity index (χ1n) is 7.26. The number of nitrogens with two attached hydrogens (primary N) is 1. The molecule has 5 N–H and O–H groups in total. The third-order valence-corrected chi connectivity index (χ3v) is 3.85. The summed E-state index contributed by atoms with van der Waals surface area (Å²) in [7, 11) is 0. The van der Waals surface area contributed by atoms with E-state index in [9.17, 15) is 14.4 Å². The molecular weight excluding hydrogens is 398 g/mol. The van der Waals surface area contributed by atoms with Gasteiger partial charge in [0.2, 0.25) is 5.91 Å². The van der Waals surface area contributed by atoms with Crippen molar-refractivity contribution in [3.8, 4) is 0 Å². The van der Waals surface area contributed by atoms with Gasteiger partial charge in [-0.2, -0.15) is 11.8 Å². The summed E-state index contributed by atoms with van der Waals surface area (Å²) in [5.41, 5.74) is 1.28. The second kappa shape index (κ2) is 13.8. The Balaban J connectivity index is 0.00000529. The molecule has 0 aromatic heterocycles. The van der Waals surface area contributed by atoms with Crippen LogP contribution < -0.4 is 32.9 Å². The quantitative estimate of drug-likeness (QED) is 0.272. The van der Waals surface area contributed by atoms with Crippen LogP contribution >= 0.6 is 11.8 Å². The maximum Gasteiger partial charge on any atom is 0.322 e. The maximum absolute atomic E-state index is 11.5. The van der Waals surface area contributed by atoms with Crippen molar-refractivity contribution in [3.05, 3.63) is 35.9 Å². The van der Waals surface area contributed by atoms with Crippen LogP contribution in [0.15, 0.2) is 30.3 Å². The molecule has 0 saturated carbocycles. The lowest BCUT2D eigenvalue weighted by Gasteiger charge is -2.05. The first-order chi connectivity index (χ1) is 11.1. The molecule has 0 spiro atoms. The van der Waals surface area contributed by atoms with E-state index in [0.717, 1.165) is 18.1 Å². The molecular formula is C15H22BrN3O4S. The molecule has 1 rings (SSSR count). The lowest BCUT2D eigenvalue weighted by atomic mass is 10.2. The smallest absolute Gasteiger partial charge is 0.322 e. The summed E-state index contributed by atoms with van der Waals surface area (Å²) in [5.74, 6) is 0.0000294. The number of thioether (sulfide) groups is 1. The Hall–Kier alpha value is -1.58. The predicted octanol–water partition coefficient (Wildman–Crippen LogP) is -4.20. The molecule has 0 aliphatic carbocycles. The number of aliphatic carboxylic acids is 1. The highest BCUT2D eigenvalue weighted by molar-refractivity contribution is 7.98. The summed E-state index contributed by atoms with van der Waals surface area (Å²) < 4.78 is 0. The molecule has 9 heteroatoms. The molecule has 0 fully saturated rings. The molecule has 0 aliphatic heterocycles. The first kappa shape index (κ1) is 22.4. The summed E-state index contributed by atoms with van der Waals surface area (Å²) in [6.45, 7) is 0.413. The van der Waals surface area contributed by atoms with Gasteiger partial charge in [-0.05, 0) is 5.56 Å². The van der Waals surface area contributed by atoms with Crippen molar-refractivity contribution < 1.29 is 41.8 Å². The van der Waals surface area contributed by atoms with Crippen LogP contribution in [-0.2, 0) is 20.1 Å². The van der Waals surface area contributed by atoms with Crippen molar-refractivity contribution in [2.75, 3.05) is 31.9 Å². The topological polar surface area (TPSA) is 112 Å². The van der Waals surface area contributed by atoms with E-state index in [2.05, 4.69) is 22.8 Å². The molecule has 0 saturated heterocycles. The van der Waals surface area contributed by atoms with Gasteiger partial charge >= 0.3 is 5.97 Å². The standard InChI is InChI=1S/C15H21N3O4S.BrH/c19-13(17-9-14(20)18-10-15(21)22)8-16-6-7-23-11-12-4-2-1-3-5-12;/h1-5,16H,6-11H2,(H,17,19)(H,18,20)(H,21,22);1H. The van der Waals surface area contributed by atoms with Crippen molar-refractivity contribution in [3.63, 3.8) is 0 Å². The SMILES string of the molecule is O=C(O)CNC(=O)CNC(=O)C[NH2+]CCSCc1ccccc1.[Br-]. The summed E-state index contributed by atoms with van der Waals surface area (Å²) in [6, 6.07) is 10.2. The highest BCUT2D eigenvalue weighted by Gasteiger charge is 2.07. The third-order valence-electron chi connectivity index (χ3n) is 2.79. The molecule has 2 amide bonds. The molecule has 24 heavy (non-hydrogen) atoms. The zero-order chi connectivity index (χ0) is 16.9. The average Bonchev–Trinajstić information content (AvgIpc) is 2.55. The third kappa shape index (κ3) is 11.9. The second-order valence-electron chi connectivity index (χ2n) is 4.77. The number of nitrogens with one attached hydrogen (secondary N) is 2. The van der Waals surface area contributed by atoms with Gasteiger partial charge in [0, 0.05) is 11.5 Å². The highest BCUT2D eigenvalue weighted by Crippen LogP contribution is 2.09. The van der Waals surface area contributed by atoms with Crippen LogP contribution in [0.5, 0.6) is 0 Å². The average molecular weight is 420 g/mol. The van der Waals surface area contributed by atoms with Gasteiger partial charge in [0.15, 0.2) is 6.54 Å². The van der Waals surface area contributed by atoms with Crippen LogP contribution in [0.1, 0.15) is 5.56 Å². The van der Waals surface area contributed by atoms with Crippen LogP contribution in [-0.4, -0.2) is 54.8 Å². The number of halogens is 1. The lowest BCUT2D eigenvalue weighted by molar-refractivity contribution is -0.639. The lowest BCUT2D eigenvalue weighted by Crippen LogP contribution is -3.00. The molecule has 1 aromatic rings. The maximum atomic E-state index is 11.5. The number of carboxylic acids is 1. The Bertz CT molecular complexity index is 517. The van der Waals surface area contributed by atoms with Crippen molar-refractivity contribution in [2.24, 2.45) is 0 Å². The fraction of sp³-hybridized carbons (Fsp3) is 0.400. The fourth-order valence-electron chi connectivity index (χ4n) is 1.65. The molecule has 0 aliphatic rings. The summed E-state index contributed by atoms with van der Waals surface area (Å²) in [5, 5.41) is 14.9. The monoisotopic (exact) mass is 419 g/mol. The zero-order valence-corrected chi connectivity index (χ0v) is 15.6. The molecule has 0 bridgehead atoms. The van der Waals surface area contributed by atoms with Gasteiger partial charge in [-0.1, -0.05) is 30.3 Å². The molecule has 134 valence electrons. The Morgan fingerprint density at radius 3 is 2.38 bits per heavy atom. The van der Waals surface area contributed by atoms with Crippen LogP contribution in [0.25, 0.3) is 0 Å². The number of carbonyl (C=O) groups is 3. The van der Waals surface area contributed by atoms with Crippen LogP contribution in [0.2, 0.25) is 0 Å². The van der Waals surface area contributed by atoms with E-state index in [1.807, 2.05) is 23.5 Å². The van der Waals surface area contributed by atoms with Gasteiger partial charge in [0.05, 0.1) is 13.1 Å². The van der Waals surface area contributed by atoms with Crippen molar-refractivity contribution in [1.82, 2.24) is 10.6 Å². The van der Waals surface area contributed by atoms with E-state index in [0.29, 0.717) is 0 Å². The zero-order valence-electron chi connectivity index (χ0n) is 13.2. The summed E-state index contributed by atoms with van der Waals surface area (Å²) >= 11 is 1.80. The minimum absolute atomic E-state index is 0. The Morgan fingerprint density at radius 1 is 1.04 bits per heavy atom. The van der Waals surface area contributed by atoms with Gasteiger partial charge in [0.1, 0.15) is 6.54 Å². The fourth-order valence-corrected chi connectivity index (χ4v) is 2.56. The van der Waals surface area contributed by atoms with Gasteiger partial charge in [-0.3, -0.25) is 14.4 Å². The van der Waals surface area contributed by atoms with Gasteiger partial charge in [-0.15, -0.1) is 0 Å². The van der Waals surface area contributed by atoms with E-state index >= 15 is 0 Å². The number of carboxylic acid groups (broad SMARTS) is 1. The Morgan fingerprint density at radius 2 is 1.71 bits per heavy atom. The predicted molar refractivity (Wildman–Crippen MR) is 87.9 cm³/mol. The first-order valence-corrected chi connectivity index (χ1v) is 8.42. The van der Waals surface area contributed by atoms with Crippen LogP contribution in [0.4, 0.5) is 0 Å². The van der Waals surface area contributed by atoms with Gasteiger partial charge < -0.3 is 38.0 Å². The van der Waals surface area contributed by atoms with E-state index in [4.69, 9.17) is 5.11 Å². The molecule has 0 radical (unpaired) electrons. The summed E-state index contributed by atoms with van der Waals surface area (Å²) in [4.78, 5) is 32.9. The van der Waals surface area contributed by atoms with E-state index in [1.54, 1.807) is 11.8 Å². The van der Waals surface area contributed by atoms with Crippen molar-refractivity contribution in [2.45, 2.75) is 5.75 Å². The molecule has 7 nitrogen and oxygen atoms in total. The number of quaternary nitrogens is 1. The number of amides is 2. The van der Waals surface area contributed by atoms with Gasteiger partial charge in [0.25, 0.3) is 5.91 Å². The molecule has 0 unspecified atom stereocenters. The minimum atomic E-state index is -1.12. The minimum Gasteiger partial charge on any atom is -1.00 e. The van der Waals surface area contributed by atoms with E-state index in [1.165, 1.54) is 5.56 Å². The number of benzene rings is 1. The Kier molecular flexibility index (Phi) is 12.9. The summed E-state index contributed by atoms with van der Waals surface area (Å²) in [6.07, 6.45) is 0. The molecule has 1 aromatic carbocycles. The number of rotatable bonds is 11. The van der Waals surface area contributed by atoms with Crippen LogP contribution in [0.3, 0.4) is 0 Å².